The zero-order valence-electron chi connectivity index (χ0n) is 19.7. The third kappa shape index (κ3) is 3.32. The van der Waals surface area contributed by atoms with Gasteiger partial charge in [-0.05, 0) is 65.7 Å². The molecule has 0 bridgehead atoms. The fraction of sp³-hybridized carbons (Fsp3) is 0. The maximum absolute atomic E-state index is 13.6. The minimum absolute atomic E-state index is 0.318. The van der Waals surface area contributed by atoms with Gasteiger partial charge < -0.3 is 9.64 Å². The number of carbonyl (C=O) groups excluding carboxylic acids is 2. The van der Waals surface area contributed by atoms with Gasteiger partial charge in [0.25, 0.3) is 11.8 Å². The zero-order chi connectivity index (χ0) is 24.9. The molecular formula is C32H20N2O3. The van der Waals surface area contributed by atoms with Gasteiger partial charge in [-0.2, -0.15) is 0 Å². The number of hydrogen-bond acceptors (Lipinski definition) is 4. The highest BCUT2D eigenvalue weighted by atomic mass is 16.5. The summed E-state index contributed by atoms with van der Waals surface area (Å²) in [6.07, 6.45) is 0. The molecule has 5 aromatic carbocycles. The first kappa shape index (κ1) is 21.1. The molecule has 37 heavy (non-hydrogen) atoms. The van der Waals surface area contributed by atoms with Crippen LogP contribution in [0.1, 0.15) is 20.7 Å². The first-order chi connectivity index (χ1) is 18.2. The quantitative estimate of drug-likeness (QED) is 0.243. The van der Waals surface area contributed by atoms with Crippen molar-refractivity contribution >= 4 is 34.6 Å². The highest BCUT2D eigenvalue weighted by molar-refractivity contribution is 6.34. The SMILES string of the molecule is O=C1c2ccc(N3c4ccccc4Oc4ccccc43)cc2C(=O)N1c1ccc(-c2ccccc2)cc1. The number of para-hydroxylation sites is 4. The average Bonchev–Trinajstić information content (AvgIpc) is 3.21. The number of rotatable bonds is 3. The van der Waals surface area contributed by atoms with Crippen LogP contribution in [0.5, 0.6) is 11.5 Å². The summed E-state index contributed by atoms with van der Waals surface area (Å²) in [6, 6.07) is 38.5. The third-order valence-corrected chi connectivity index (χ3v) is 6.79. The Balaban J connectivity index is 1.27. The first-order valence-corrected chi connectivity index (χ1v) is 12.0. The van der Waals surface area contributed by atoms with Crippen LogP contribution in [0.4, 0.5) is 22.7 Å². The Morgan fingerprint density at radius 1 is 0.459 bits per heavy atom. The van der Waals surface area contributed by atoms with Gasteiger partial charge in [0.05, 0.1) is 28.2 Å². The van der Waals surface area contributed by atoms with Gasteiger partial charge in [0.1, 0.15) is 0 Å². The second-order valence-corrected chi connectivity index (χ2v) is 8.96. The summed E-state index contributed by atoms with van der Waals surface area (Å²) in [5.41, 5.74) is 5.95. The van der Waals surface area contributed by atoms with Gasteiger partial charge in [0.2, 0.25) is 0 Å². The first-order valence-electron chi connectivity index (χ1n) is 12.0. The van der Waals surface area contributed by atoms with Crippen LogP contribution in [0.3, 0.4) is 0 Å². The molecule has 7 rings (SSSR count). The van der Waals surface area contributed by atoms with Gasteiger partial charge >= 0.3 is 0 Å². The van der Waals surface area contributed by atoms with Gasteiger partial charge in [-0.3, -0.25) is 9.59 Å². The lowest BCUT2D eigenvalue weighted by Gasteiger charge is -2.32. The number of benzene rings is 5. The summed E-state index contributed by atoms with van der Waals surface area (Å²) in [4.78, 5) is 30.2. The van der Waals surface area contributed by atoms with Gasteiger partial charge in [0.15, 0.2) is 11.5 Å². The monoisotopic (exact) mass is 480 g/mol. The Morgan fingerprint density at radius 3 is 1.68 bits per heavy atom. The molecule has 2 aliphatic rings. The number of nitrogens with zero attached hydrogens (tertiary/aromatic N) is 2. The highest BCUT2D eigenvalue weighted by Gasteiger charge is 2.38. The van der Waals surface area contributed by atoms with Gasteiger partial charge in [-0.1, -0.05) is 66.7 Å². The van der Waals surface area contributed by atoms with Crippen molar-refractivity contribution in [1.29, 1.82) is 0 Å². The summed E-state index contributed by atoms with van der Waals surface area (Å²) >= 11 is 0. The van der Waals surface area contributed by atoms with Crippen molar-refractivity contribution in [3.63, 3.8) is 0 Å². The van der Waals surface area contributed by atoms with Crippen molar-refractivity contribution in [2.45, 2.75) is 0 Å². The summed E-state index contributed by atoms with van der Waals surface area (Å²) in [7, 11) is 0. The number of ether oxygens (including phenoxy) is 1. The predicted molar refractivity (Wildman–Crippen MR) is 144 cm³/mol. The fourth-order valence-corrected chi connectivity index (χ4v) is 5.02. The molecule has 176 valence electrons. The predicted octanol–water partition coefficient (Wildman–Crippen LogP) is 7.73. The topological polar surface area (TPSA) is 49.9 Å². The molecule has 0 spiro atoms. The minimum Gasteiger partial charge on any atom is -0.453 e. The average molecular weight is 481 g/mol. The van der Waals surface area contributed by atoms with E-state index in [1.807, 2.05) is 109 Å². The molecule has 5 heteroatoms. The number of anilines is 4. The van der Waals surface area contributed by atoms with Crippen LogP contribution in [0.15, 0.2) is 121 Å². The highest BCUT2D eigenvalue weighted by Crippen LogP contribution is 2.50. The van der Waals surface area contributed by atoms with Crippen LogP contribution < -0.4 is 14.5 Å². The zero-order valence-corrected chi connectivity index (χ0v) is 19.7. The maximum Gasteiger partial charge on any atom is 0.266 e. The van der Waals surface area contributed by atoms with E-state index in [0.717, 1.165) is 39.7 Å². The normalized spacial score (nSPS) is 13.6. The van der Waals surface area contributed by atoms with E-state index in [4.69, 9.17) is 4.74 Å². The standard InChI is InChI=1S/C32H20N2O3/c35-31-25-19-18-24(33-27-10-4-6-12-29(27)37-30-13-7-5-11-28(30)33)20-26(25)32(36)34(31)23-16-14-22(15-17-23)21-8-2-1-3-9-21/h1-20H. The molecule has 2 aliphatic heterocycles. The van der Waals surface area contributed by atoms with Crippen molar-refractivity contribution in [2.75, 3.05) is 9.80 Å². The summed E-state index contributed by atoms with van der Waals surface area (Å²) in [5, 5.41) is 0. The molecule has 0 aromatic heterocycles. The summed E-state index contributed by atoms with van der Waals surface area (Å²) in [6.45, 7) is 0. The van der Waals surface area contributed by atoms with E-state index >= 15 is 0 Å². The summed E-state index contributed by atoms with van der Waals surface area (Å²) in [5.74, 6) is 0.805. The number of amides is 2. The Hall–Kier alpha value is -5.16. The molecule has 0 aliphatic carbocycles. The summed E-state index contributed by atoms with van der Waals surface area (Å²) < 4.78 is 6.11. The van der Waals surface area contributed by atoms with Crippen LogP contribution >= 0.6 is 0 Å². The fourth-order valence-electron chi connectivity index (χ4n) is 5.02. The largest absolute Gasteiger partial charge is 0.453 e. The second kappa shape index (κ2) is 8.21. The molecule has 0 N–H and O–H groups in total. The molecule has 2 amide bonds. The smallest absolute Gasteiger partial charge is 0.266 e. The van der Waals surface area contributed by atoms with E-state index in [-0.39, 0.29) is 11.8 Å². The molecule has 0 unspecified atom stereocenters. The van der Waals surface area contributed by atoms with Crippen LogP contribution in [0.2, 0.25) is 0 Å². The Kier molecular flexibility index (Phi) is 4.69. The molecule has 2 heterocycles. The van der Waals surface area contributed by atoms with Crippen LogP contribution in [-0.2, 0) is 0 Å². The second-order valence-electron chi connectivity index (χ2n) is 8.96. The Morgan fingerprint density at radius 2 is 1.00 bits per heavy atom. The van der Waals surface area contributed by atoms with E-state index in [2.05, 4.69) is 4.90 Å². The lowest BCUT2D eigenvalue weighted by molar-refractivity contribution is 0.0926. The number of hydrogen-bond donors (Lipinski definition) is 0. The molecule has 0 atom stereocenters. The van der Waals surface area contributed by atoms with E-state index < -0.39 is 0 Å². The van der Waals surface area contributed by atoms with E-state index in [1.165, 1.54) is 4.90 Å². The molecule has 5 nitrogen and oxygen atoms in total. The van der Waals surface area contributed by atoms with Crippen LogP contribution in [-0.4, -0.2) is 11.8 Å². The molecule has 5 aromatic rings. The van der Waals surface area contributed by atoms with Crippen molar-refractivity contribution in [3.8, 4) is 22.6 Å². The van der Waals surface area contributed by atoms with E-state index in [0.29, 0.717) is 16.8 Å². The Labute approximate surface area is 213 Å². The number of imide groups is 1. The molecule has 0 fully saturated rings. The number of carbonyl (C=O) groups is 2. The van der Waals surface area contributed by atoms with Gasteiger partial charge in [-0.25, -0.2) is 4.90 Å². The third-order valence-electron chi connectivity index (χ3n) is 6.79. The molecule has 0 saturated carbocycles. The lowest BCUT2D eigenvalue weighted by Crippen LogP contribution is -2.29. The minimum atomic E-state index is -0.329. The Bertz CT molecular complexity index is 1650. The van der Waals surface area contributed by atoms with Crippen LogP contribution in [0, 0.1) is 0 Å². The lowest BCUT2D eigenvalue weighted by atomic mass is 10.1. The van der Waals surface area contributed by atoms with Crippen molar-refractivity contribution in [3.05, 3.63) is 132 Å². The van der Waals surface area contributed by atoms with Crippen molar-refractivity contribution < 1.29 is 14.3 Å². The maximum atomic E-state index is 13.6. The van der Waals surface area contributed by atoms with E-state index in [1.54, 1.807) is 12.1 Å². The van der Waals surface area contributed by atoms with Gasteiger partial charge in [0, 0.05) is 5.69 Å². The van der Waals surface area contributed by atoms with E-state index in [9.17, 15) is 9.59 Å². The molecular weight excluding hydrogens is 460 g/mol. The molecule has 0 saturated heterocycles. The molecule has 0 radical (unpaired) electrons. The van der Waals surface area contributed by atoms with Crippen LogP contribution in [0.25, 0.3) is 11.1 Å². The van der Waals surface area contributed by atoms with Crippen molar-refractivity contribution in [1.82, 2.24) is 0 Å². The number of fused-ring (bicyclic) bond motifs is 3. The van der Waals surface area contributed by atoms with Crippen molar-refractivity contribution in [2.24, 2.45) is 0 Å². The van der Waals surface area contributed by atoms with Gasteiger partial charge in [-0.15, -0.1) is 0 Å².